The van der Waals surface area contributed by atoms with E-state index in [1.165, 1.54) is 0 Å². The number of nitrogens with zero attached hydrogens (tertiary/aromatic N) is 3. The molecule has 0 bridgehead atoms. The molecule has 1 amide bonds. The molecule has 2 unspecified atom stereocenters. The normalized spacial score (nSPS) is 19.9. The summed E-state index contributed by atoms with van der Waals surface area (Å²) in [6.07, 6.45) is 7.59. The molecular weight excluding hydrogens is 469 g/mol. The second kappa shape index (κ2) is 9.57. The Morgan fingerprint density at radius 1 is 1.15 bits per heavy atom. The summed E-state index contributed by atoms with van der Waals surface area (Å²) < 4.78 is 1.83. The molecule has 34 heavy (non-hydrogen) atoms. The average Bonchev–Trinajstić information content (AvgIpc) is 3.50. The van der Waals surface area contributed by atoms with E-state index in [1.807, 2.05) is 71.2 Å². The van der Waals surface area contributed by atoms with Crippen molar-refractivity contribution in [1.82, 2.24) is 14.7 Å². The van der Waals surface area contributed by atoms with Gasteiger partial charge in [-0.3, -0.25) is 4.79 Å². The number of para-hydroxylation sites is 1. The van der Waals surface area contributed by atoms with Crippen LogP contribution < -0.4 is 10.6 Å². The van der Waals surface area contributed by atoms with Crippen LogP contribution in [0.2, 0.25) is 10.0 Å². The summed E-state index contributed by atoms with van der Waals surface area (Å²) in [4.78, 5) is 15.9. The molecule has 2 aromatic carbocycles. The van der Waals surface area contributed by atoms with Crippen LogP contribution in [-0.4, -0.2) is 33.2 Å². The number of aromatic nitrogens is 2. The Kier molecular flexibility index (Phi) is 6.35. The van der Waals surface area contributed by atoms with Crippen LogP contribution in [0.5, 0.6) is 0 Å². The van der Waals surface area contributed by atoms with Crippen molar-refractivity contribution in [3.8, 4) is 0 Å². The zero-order valence-corrected chi connectivity index (χ0v) is 20.2. The maximum Gasteiger partial charge on any atom is 0.254 e. The highest BCUT2D eigenvalue weighted by atomic mass is 35.5. The number of halogens is 2. The molecule has 0 spiro atoms. The van der Waals surface area contributed by atoms with E-state index in [-0.39, 0.29) is 11.9 Å². The number of hydrogen-bond acceptors (Lipinski definition) is 4. The quantitative estimate of drug-likeness (QED) is 0.450. The van der Waals surface area contributed by atoms with Crippen molar-refractivity contribution < 1.29 is 4.79 Å². The van der Waals surface area contributed by atoms with Gasteiger partial charge in [0.05, 0.1) is 27.9 Å². The summed E-state index contributed by atoms with van der Waals surface area (Å²) in [6, 6.07) is 17.0. The first-order valence-electron chi connectivity index (χ1n) is 11.3. The third kappa shape index (κ3) is 4.31. The average molecular weight is 494 g/mol. The minimum Gasteiger partial charge on any atom is -0.362 e. The molecule has 3 heterocycles. The van der Waals surface area contributed by atoms with Crippen LogP contribution in [0.1, 0.15) is 31.4 Å². The van der Waals surface area contributed by atoms with Gasteiger partial charge in [0.15, 0.2) is 0 Å². The van der Waals surface area contributed by atoms with Crippen LogP contribution in [0.15, 0.2) is 84.3 Å². The van der Waals surface area contributed by atoms with Crippen molar-refractivity contribution in [3.63, 3.8) is 0 Å². The van der Waals surface area contributed by atoms with E-state index in [1.54, 1.807) is 12.3 Å². The molecule has 2 aliphatic heterocycles. The molecule has 3 aromatic rings. The number of likely N-dealkylation sites (tertiary alicyclic amines) is 1. The fourth-order valence-corrected chi connectivity index (χ4v) is 4.97. The van der Waals surface area contributed by atoms with E-state index in [9.17, 15) is 4.79 Å². The van der Waals surface area contributed by atoms with Gasteiger partial charge in [-0.25, -0.2) is 4.68 Å². The Balaban J connectivity index is 1.45. The lowest BCUT2D eigenvalue weighted by atomic mass is 9.94. The number of allylic oxidation sites excluding steroid dienone is 1. The molecule has 5 rings (SSSR count). The summed E-state index contributed by atoms with van der Waals surface area (Å²) in [5, 5.41) is 12.1. The SMILES string of the molecule is CC1=C(C(=O)N2CCCC2/C=C/Nc2ccccc2)C(c2ccc(Cl)c(Cl)c2)n2nccc2N1. The van der Waals surface area contributed by atoms with E-state index < -0.39 is 6.04 Å². The Morgan fingerprint density at radius 3 is 2.76 bits per heavy atom. The lowest BCUT2D eigenvalue weighted by molar-refractivity contribution is -0.127. The van der Waals surface area contributed by atoms with Gasteiger partial charge in [-0.1, -0.05) is 47.5 Å². The molecule has 2 atom stereocenters. The Hall–Kier alpha value is -3.22. The molecule has 1 fully saturated rings. The highest BCUT2D eigenvalue weighted by molar-refractivity contribution is 6.42. The second-order valence-electron chi connectivity index (χ2n) is 8.48. The molecular formula is C26H25Cl2N5O. The number of nitrogens with one attached hydrogen (secondary N) is 2. The molecule has 0 radical (unpaired) electrons. The molecule has 1 saturated heterocycles. The van der Waals surface area contributed by atoms with Crippen LogP contribution in [0, 0.1) is 0 Å². The van der Waals surface area contributed by atoms with Crippen LogP contribution in [0.4, 0.5) is 11.5 Å². The molecule has 0 aliphatic carbocycles. The Bertz CT molecular complexity index is 1270. The van der Waals surface area contributed by atoms with E-state index in [0.717, 1.165) is 35.6 Å². The Morgan fingerprint density at radius 2 is 1.97 bits per heavy atom. The van der Waals surface area contributed by atoms with Crippen molar-refractivity contribution >= 4 is 40.6 Å². The molecule has 174 valence electrons. The third-order valence-corrected chi connectivity index (χ3v) is 7.04. The number of amides is 1. The van der Waals surface area contributed by atoms with Gasteiger partial charge in [-0.05, 0) is 61.9 Å². The predicted octanol–water partition coefficient (Wildman–Crippen LogP) is 6.10. The monoisotopic (exact) mass is 493 g/mol. The highest BCUT2D eigenvalue weighted by Crippen LogP contribution is 2.39. The first-order valence-corrected chi connectivity index (χ1v) is 12.0. The lowest BCUT2D eigenvalue weighted by Crippen LogP contribution is -2.40. The number of carbonyl (C=O) groups excluding carboxylic acids is 1. The van der Waals surface area contributed by atoms with Gasteiger partial charge in [0.25, 0.3) is 5.91 Å². The van der Waals surface area contributed by atoms with E-state index in [2.05, 4.69) is 21.8 Å². The van der Waals surface area contributed by atoms with E-state index in [0.29, 0.717) is 22.2 Å². The first-order chi connectivity index (χ1) is 16.5. The zero-order valence-electron chi connectivity index (χ0n) is 18.7. The van der Waals surface area contributed by atoms with Crippen molar-refractivity contribution in [2.45, 2.75) is 31.8 Å². The summed E-state index contributed by atoms with van der Waals surface area (Å²) in [6.45, 7) is 2.64. The minimum absolute atomic E-state index is 0.00548. The maximum absolute atomic E-state index is 14.0. The number of benzene rings is 2. The van der Waals surface area contributed by atoms with Crippen molar-refractivity contribution in [2.75, 3.05) is 17.2 Å². The van der Waals surface area contributed by atoms with Gasteiger partial charge < -0.3 is 15.5 Å². The summed E-state index contributed by atoms with van der Waals surface area (Å²) >= 11 is 12.5. The van der Waals surface area contributed by atoms with E-state index >= 15 is 0 Å². The smallest absolute Gasteiger partial charge is 0.254 e. The molecule has 8 heteroatoms. The minimum atomic E-state index is -0.402. The molecule has 0 saturated carbocycles. The van der Waals surface area contributed by atoms with Crippen molar-refractivity contribution in [1.29, 1.82) is 0 Å². The van der Waals surface area contributed by atoms with Gasteiger partial charge in [0.1, 0.15) is 11.9 Å². The predicted molar refractivity (Wildman–Crippen MR) is 137 cm³/mol. The fourth-order valence-electron chi connectivity index (χ4n) is 4.66. The highest BCUT2D eigenvalue weighted by Gasteiger charge is 2.38. The maximum atomic E-state index is 14.0. The summed E-state index contributed by atoms with van der Waals surface area (Å²) in [5.41, 5.74) is 3.34. The van der Waals surface area contributed by atoms with E-state index in [4.69, 9.17) is 23.2 Å². The Labute approximate surface area is 208 Å². The summed E-state index contributed by atoms with van der Waals surface area (Å²) in [7, 11) is 0. The standard InChI is InChI=1S/C26H25Cl2N5O/c1-17-24(25(33-23(31-17)12-14-30-33)18-9-10-21(27)22(28)16-18)26(34)32-15-5-8-20(32)11-13-29-19-6-3-2-4-7-19/h2-4,6-7,9-14,16,20,25,29,31H,5,8,15H2,1H3/b13-11+. The van der Waals surface area contributed by atoms with Crippen LogP contribution in [-0.2, 0) is 4.79 Å². The number of rotatable bonds is 5. The van der Waals surface area contributed by atoms with Crippen LogP contribution >= 0.6 is 23.2 Å². The first kappa shape index (κ1) is 22.6. The van der Waals surface area contributed by atoms with Gasteiger partial charge in [0.2, 0.25) is 0 Å². The zero-order chi connectivity index (χ0) is 23.7. The topological polar surface area (TPSA) is 62.2 Å². The van der Waals surface area contributed by atoms with Crippen LogP contribution in [0.25, 0.3) is 0 Å². The largest absolute Gasteiger partial charge is 0.362 e. The van der Waals surface area contributed by atoms with Gasteiger partial charge >= 0.3 is 0 Å². The molecule has 6 nitrogen and oxygen atoms in total. The fraction of sp³-hybridized carbons (Fsp3) is 0.231. The lowest BCUT2D eigenvalue weighted by Gasteiger charge is -2.33. The number of anilines is 2. The van der Waals surface area contributed by atoms with Gasteiger partial charge in [-0.2, -0.15) is 5.10 Å². The third-order valence-electron chi connectivity index (χ3n) is 6.30. The second-order valence-corrected chi connectivity index (χ2v) is 9.29. The van der Waals surface area contributed by atoms with Gasteiger partial charge in [0, 0.05) is 24.0 Å². The van der Waals surface area contributed by atoms with Crippen molar-refractivity contribution in [2.24, 2.45) is 0 Å². The van der Waals surface area contributed by atoms with Gasteiger partial charge in [-0.15, -0.1) is 0 Å². The van der Waals surface area contributed by atoms with Crippen LogP contribution in [0.3, 0.4) is 0 Å². The number of hydrogen-bond donors (Lipinski definition) is 2. The molecule has 2 N–H and O–H groups in total. The summed E-state index contributed by atoms with van der Waals surface area (Å²) in [5.74, 6) is 0.823. The molecule has 2 aliphatic rings. The molecule has 1 aromatic heterocycles. The number of carbonyl (C=O) groups is 1. The number of fused-ring (bicyclic) bond motifs is 1. The van der Waals surface area contributed by atoms with Crippen molar-refractivity contribution in [3.05, 3.63) is 99.9 Å².